The molecular weight excluding hydrogens is 363 g/mol. The third kappa shape index (κ3) is 2.80. The molecule has 6 atom stereocenters. The van der Waals surface area contributed by atoms with E-state index in [-0.39, 0.29) is 28.5 Å². The molecule has 3 fully saturated rings. The maximum absolute atomic E-state index is 14.2. The van der Waals surface area contributed by atoms with Gasteiger partial charge in [-0.3, -0.25) is 4.79 Å². The van der Waals surface area contributed by atoms with E-state index in [1.807, 2.05) is 6.07 Å². The molecule has 1 aromatic rings. The Morgan fingerprint density at radius 1 is 1.07 bits per heavy atom. The smallest absolute Gasteiger partial charge is 0.165 e. The van der Waals surface area contributed by atoms with Crippen LogP contribution < -0.4 is 0 Å². The van der Waals surface area contributed by atoms with Crippen LogP contribution in [0.15, 0.2) is 41.5 Å². The number of rotatable bonds is 1. The van der Waals surface area contributed by atoms with Gasteiger partial charge in [0.25, 0.3) is 0 Å². The van der Waals surface area contributed by atoms with Crippen LogP contribution in [-0.4, -0.2) is 17.0 Å². The molecule has 154 valence electrons. The Hall–Kier alpha value is -1.74. The van der Waals surface area contributed by atoms with Crippen molar-refractivity contribution >= 4 is 11.9 Å². The van der Waals surface area contributed by atoms with Gasteiger partial charge >= 0.3 is 0 Å². The molecule has 0 saturated heterocycles. The summed E-state index contributed by atoms with van der Waals surface area (Å²) in [4.78, 5) is 13.4. The van der Waals surface area contributed by atoms with E-state index in [0.717, 1.165) is 50.5 Å². The fraction of sp³-hybridized carbons (Fsp3) is 0.577. The van der Waals surface area contributed by atoms with Crippen LogP contribution in [0.25, 0.3) is 6.08 Å². The van der Waals surface area contributed by atoms with Crippen LogP contribution in [0, 0.1) is 34.4 Å². The molecular formula is C26H31FO2. The predicted molar refractivity (Wildman–Crippen MR) is 112 cm³/mol. The van der Waals surface area contributed by atoms with Crippen molar-refractivity contribution in [3.63, 3.8) is 0 Å². The SMILES string of the molecule is CC12CCC3C(CC=C4CC(O)CCC43C)C1CC(=Cc1ccccc1F)C2=O. The number of carbonyl (C=O) groups excluding carboxylic acids is 1. The molecule has 0 bridgehead atoms. The van der Waals surface area contributed by atoms with Gasteiger partial charge in [0, 0.05) is 11.0 Å². The monoisotopic (exact) mass is 394 g/mol. The molecule has 1 N–H and O–H groups in total. The van der Waals surface area contributed by atoms with Crippen molar-refractivity contribution < 1.29 is 14.3 Å². The lowest BCUT2D eigenvalue weighted by Gasteiger charge is -2.56. The topological polar surface area (TPSA) is 37.3 Å². The molecule has 3 heteroatoms. The third-order valence-electron chi connectivity index (χ3n) is 8.95. The van der Waals surface area contributed by atoms with Gasteiger partial charge in [-0.1, -0.05) is 43.7 Å². The van der Waals surface area contributed by atoms with Gasteiger partial charge in [-0.2, -0.15) is 0 Å². The molecule has 0 radical (unpaired) electrons. The number of allylic oxidation sites excluding steroid dienone is 2. The normalized spacial score (nSPS) is 42.8. The number of hydrogen-bond acceptors (Lipinski definition) is 2. The number of benzene rings is 1. The van der Waals surface area contributed by atoms with Crippen LogP contribution in [0.4, 0.5) is 4.39 Å². The summed E-state index contributed by atoms with van der Waals surface area (Å²) in [6, 6.07) is 6.73. The quantitative estimate of drug-likeness (QED) is 0.489. The number of carbonyl (C=O) groups is 1. The maximum Gasteiger partial charge on any atom is 0.165 e. The zero-order chi connectivity index (χ0) is 20.4. The average Bonchev–Trinajstić information content (AvgIpc) is 2.95. The first-order valence-electron chi connectivity index (χ1n) is 11.2. The summed E-state index contributed by atoms with van der Waals surface area (Å²) in [7, 11) is 0. The lowest BCUT2D eigenvalue weighted by atomic mass is 9.48. The number of ketones is 1. The highest BCUT2D eigenvalue weighted by atomic mass is 19.1. The first-order chi connectivity index (χ1) is 13.8. The number of halogens is 1. The van der Waals surface area contributed by atoms with E-state index in [0.29, 0.717) is 23.3 Å². The first kappa shape index (κ1) is 19.2. The molecule has 0 spiro atoms. The summed E-state index contributed by atoms with van der Waals surface area (Å²) in [6.07, 6.45) is 10.6. The standard InChI is InChI=1S/C26H31FO2/c1-25-11-9-19(28)15-18(25)7-8-20-21(25)10-12-26(2)22(20)14-17(24(26)29)13-16-5-3-4-6-23(16)27/h3-7,13,19-22,28H,8-12,14-15H2,1-2H3. The Morgan fingerprint density at radius 2 is 1.83 bits per heavy atom. The van der Waals surface area contributed by atoms with Gasteiger partial charge in [-0.15, -0.1) is 0 Å². The second kappa shape index (κ2) is 6.63. The summed E-state index contributed by atoms with van der Waals surface area (Å²) in [5, 5.41) is 10.2. The van der Waals surface area contributed by atoms with E-state index < -0.39 is 0 Å². The summed E-state index contributed by atoms with van der Waals surface area (Å²) >= 11 is 0. The fourth-order valence-corrected chi connectivity index (χ4v) is 7.22. The van der Waals surface area contributed by atoms with E-state index in [1.54, 1.807) is 18.2 Å². The van der Waals surface area contributed by atoms with E-state index >= 15 is 0 Å². The van der Waals surface area contributed by atoms with Crippen molar-refractivity contribution in [1.29, 1.82) is 0 Å². The Bertz CT molecular complexity index is 915. The molecule has 4 aliphatic carbocycles. The summed E-state index contributed by atoms with van der Waals surface area (Å²) in [5.74, 6) is 1.42. The molecule has 0 aliphatic heterocycles. The van der Waals surface area contributed by atoms with Crippen LogP contribution in [0.5, 0.6) is 0 Å². The minimum atomic E-state index is -0.311. The van der Waals surface area contributed by atoms with Crippen molar-refractivity contribution in [3.05, 3.63) is 52.9 Å². The molecule has 2 nitrogen and oxygen atoms in total. The van der Waals surface area contributed by atoms with Crippen molar-refractivity contribution in [2.75, 3.05) is 0 Å². The molecule has 3 saturated carbocycles. The largest absolute Gasteiger partial charge is 0.393 e. The molecule has 0 heterocycles. The van der Waals surface area contributed by atoms with Crippen molar-refractivity contribution in [3.8, 4) is 0 Å². The van der Waals surface area contributed by atoms with Gasteiger partial charge in [-0.25, -0.2) is 4.39 Å². The van der Waals surface area contributed by atoms with Gasteiger partial charge in [0.1, 0.15) is 5.82 Å². The molecule has 6 unspecified atom stereocenters. The molecule has 5 rings (SSSR count). The van der Waals surface area contributed by atoms with E-state index in [9.17, 15) is 14.3 Å². The van der Waals surface area contributed by atoms with Gasteiger partial charge in [0.05, 0.1) is 6.10 Å². The highest BCUT2D eigenvalue weighted by molar-refractivity contribution is 6.06. The van der Waals surface area contributed by atoms with E-state index in [4.69, 9.17) is 0 Å². The van der Waals surface area contributed by atoms with Crippen molar-refractivity contribution in [2.24, 2.45) is 28.6 Å². The van der Waals surface area contributed by atoms with Gasteiger partial charge in [-0.05, 0) is 85.8 Å². The van der Waals surface area contributed by atoms with Gasteiger partial charge in [0.15, 0.2) is 5.78 Å². The van der Waals surface area contributed by atoms with Crippen LogP contribution in [0.1, 0.15) is 64.4 Å². The number of aliphatic hydroxyl groups is 1. The number of hydrogen-bond donors (Lipinski definition) is 1. The molecule has 1 aromatic carbocycles. The Morgan fingerprint density at radius 3 is 2.62 bits per heavy atom. The minimum Gasteiger partial charge on any atom is -0.393 e. The minimum absolute atomic E-state index is 0.171. The van der Waals surface area contributed by atoms with Gasteiger partial charge < -0.3 is 5.11 Å². The Kier molecular flexibility index (Phi) is 4.40. The highest BCUT2D eigenvalue weighted by Crippen LogP contribution is 2.64. The Labute approximate surface area is 172 Å². The second-order valence-electron chi connectivity index (χ2n) is 10.3. The summed E-state index contributed by atoms with van der Waals surface area (Å²) < 4.78 is 14.2. The van der Waals surface area contributed by atoms with E-state index in [2.05, 4.69) is 19.9 Å². The van der Waals surface area contributed by atoms with Crippen molar-refractivity contribution in [2.45, 2.75) is 64.9 Å². The first-order valence-corrected chi connectivity index (χ1v) is 11.2. The fourth-order valence-electron chi connectivity index (χ4n) is 7.22. The number of aliphatic hydroxyl groups excluding tert-OH is 1. The zero-order valence-electron chi connectivity index (χ0n) is 17.5. The molecule has 4 aliphatic rings. The van der Waals surface area contributed by atoms with Crippen LogP contribution in [-0.2, 0) is 4.79 Å². The lowest BCUT2D eigenvalue weighted by molar-refractivity contribution is -0.130. The highest BCUT2D eigenvalue weighted by Gasteiger charge is 2.59. The van der Waals surface area contributed by atoms with Crippen LogP contribution in [0.3, 0.4) is 0 Å². The number of Topliss-reactive ketones (excluding diaryl/α,β-unsaturated/α-hetero) is 1. The Balaban J connectivity index is 1.49. The zero-order valence-corrected chi connectivity index (χ0v) is 17.5. The second-order valence-corrected chi connectivity index (χ2v) is 10.3. The van der Waals surface area contributed by atoms with Crippen LogP contribution >= 0.6 is 0 Å². The molecule has 0 aromatic heterocycles. The van der Waals surface area contributed by atoms with E-state index in [1.165, 1.54) is 11.6 Å². The predicted octanol–water partition coefficient (Wildman–Crippen LogP) is 5.71. The van der Waals surface area contributed by atoms with Crippen molar-refractivity contribution in [1.82, 2.24) is 0 Å². The lowest BCUT2D eigenvalue weighted by Crippen LogP contribution is -2.50. The average molecular weight is 395 g/mol. The van der Waals surface area contributed by atoms with Crippen LogP contribution in [0.2, 0.25) is 0 Å². The summed E-state index contributed by atoms with van der Waals surface area (Å²) in [5.41, 5.74) is 2.64. The van der Waals surface area contributed by atoms with Gasteiger partial charge in [0.2, 0.25) is 0 Å². The number of fused-ring (bicyclic) bond motifs is 5. The summed E-state index contributed by atoms with van der Waals surface area (Å²) in [6.45, 7) is 4.56. The molecule has 0 amide bonds. The maximum atomic E-state index is 14.2. The third-order valence-corrected chi connectivity index (χ3v) is 8.95. The molecule has 29 heavy (non-hydrogen) atoms.